The van der Waals surface area contributed by atoms with Crippen LogP contribution in [0.1, 0.15) is 12.0 Å². The molecule has 1 fully saturated rings. The van der Waals surface area contributed by atoms with Gasteiger partial charge < -0.3 is 19.9 Å². The first-order chi connectivity index (χ1) is 15.3. The summed E-state index contributed by atoms with van der Waals surface area (Å²) in [7, 11) is 2.88. The number of aromatic nitrogens is 2. The van der Waals surface area contributed by atoms with Gasteiger partial charge in [0.25, 0.3) is 5.56 Å². The zero-order chi connectivity index (χ0) is 23.0. The predicted molar refractivity (Wildman–Crippen MR) is 116 cm³/mol. The first-order valence-electron chi connectivity index (χ1n) is 9.98. The zero-order valence-corrected chi connectivity index (χ0v) is 17.6. The molecule has 0 aliphatic carbocycles. The van der Waals surface area contributed by atoms with E-state index in [1.807, 2.05) is 4.90 Å². The molecule has 1 atom stereocenters. The van der Waals surface area contributed by atoms with Gasteiger partial charge >= 0.3 is 0 Å². The first-order valence-corrected chi connectivity index (χ1v) is 9.98. The Hall–Kier alpha value is -3.77. The summed E-state index contributed by atoms with van der Waals surface area (Å²) in [5, 5.41) is 9.07. The van der Waals surface area contributed by atoms with Crippen LogP contribution in [0.25, 0.3) is 22.4 Å². The van der Waals surface area contributed by atoms with Crippen LogP contribution in [0.5, 0.6) is 5.88 Å². The van der Waals surface area contributed by atoms with Gasteiger partial charge in [-0.1, -0.05) is 6.07 Å². The number of hydrogen-bond donors (Lipinski definition) is 1. The summed E-state index contributed by atoms with van der Waals surface area (Å²) < 4.78 is 35.2. The molecule has 0 spiro atoms. The minimum Gasteiger partial charge on any atom is -0.479 e. The molecule has 0 radical (unpaired) electrons. The van der Waals surface area contributed by atoms with E-state index < -0.39 is 11.6 Å². The Balaban J connectivity index is 1.99. The van der Waals surface area contributed by atoms with E-state index in [4.69, 9.17) is 15.7 Å². The molecule has 0 saturated carbocycles. The number of benzene rings is 1. The molecule has 3 heterocycles. The topological polar surface area (TPSA) is 97.2 Å². The van der Waals surface area contributed by atoms with Crippen LogP contribution in [0.3, 0.4) is 0 Å². The van der Waals surface area contributed by atoms with Crippen LogP contribution in [0, 0.1) is 23.0 Å². The number of anilines is 1. The Kier molecular flexibility index (Phi) is 5.63. The van der Waals surface area contributed by atoms with Crippen molar-refractivity contribution in [2.24, 2.45) is 12.8 Å². The maximum atomic E-state index is 14.5. The molecule has 1 aliphatic rings. The fraction of sp³-hybridized carbons (Fsp3) is 0.261. The van der Waals surface area contributed by atoms with Gasteiger partial charge in [0, 0.05) is 43.5 Å². The third kappa shape index (κ3) is 3.69. The van der Waals surface area contributed by atoms with E-state index in [1.165, 1.54) is 36.1 Å². The van der Waals surface area contributed by atoms with Crippen LogP contribution in [0.2, 0.25) is 0 Å². The lowest BCUT2D eigenvalue weighted by molar-refractivity contribution is 0.369. The molecule has 2 N–H and O–H groups in total. The molecule has 164 valence electrons. The number of nitrogens with zero attached hydrogens (tertiary/aromatic N) is 4. The van der Waals surface area contributed by atoms with E-state index in [0.717, 1.165) is 6.42 Å². The molecule has 2 aromatic heterocycles. The largest absolute Gasteiger partial charge is 0.479 e. The van der Waals surface area contributed by atoms with Gasteiger partial charge in [-0.05, 0) is 36.2 Å². The quantitative estimate of drug-likeness (QED) is 0.674. The fourth-order valence-electron chi connectivity index (χ4n) is 4.00. The van der Waals surface area contributed by atoms with Crippen molar-refractivity contribution in [1.29, 1.82) is 5.26 Å². The standard InChI is InChI=1S/C23H21F2N5O2/c1-29-21(15-8-19(25)22(32-2)28-11-15)17(13-3-4-14(10-26)18(24)7-13)9-20(23(29)31)30-6-5-16(27)12-30/h3-4,7-9,11,16H,5-6,12,27H2,1-2H3/t16-/m0/s1. The number of rotatable bonds is 4. The number of pyridine rings is 2. The number of halogens is 2. The number of nitriles is 1. The number of ether oxygens (including phenoxy) is 1. The minimum absolute atomic E-state index is 0.0462. The third-order valence-electron chi connectivity index (χ3n) is 5.64. The highest BCUT2D eigenvalue weighted by Crippen LogP contribution is 2.35. The third-order valence-corrected chi connectivity index (χ3v) is 5.64. The molecule has 0 bridgehead atoms. The van der Waals surface area contributed by atoms with E-state index >= 15 is 0 Å². The molecule has 32 heavy (non-hydrogen) atoms. The molecular formula is C23H21F2N5O2. The van der Waals surface area contributed by atoms with Crippen LogP contribution in [0.15, 0.2) is 41.3 Å². The maximum absolute atomic E-state index is 14.5. The summed E-state index contributed by atoms with van der Waals surface area (Å²) in [6.45, 7) is 1.14. The Morgan fingerprint density at radius 1 is 1.22 bits per heavy atom. The summed E-state index contributed by atoms with van der Waals surface area (Å²) in [5.41, 5.74) is 7.69. The highest BCUT2D eigenvalue weighted by atomic mass is 19.1. The summed E-state index contributed by atoms with van der Waals surface area (Å²) in [6.07, 6.45) is 2.14. The van der Waals surface area contributed by atoms with Gasteiger partial charge in [-0.3, -0.25) is 4.79 Å². The molecular weight excluding hydrogens is 416 g/mol. The average molecular weight is 437 g/mol. The van der Waals surface area contributed by atoms with Crippen LogP contribution in [-0.4, -0.2) is 35.8 Å². The van der Waals surface area contributed by atoms with Gasteiger partial charge in [0.15, 0.2) is 5.82 Å². The Morgan fingerprint density at radius 2 is 1.97 bits per heavy atom. The minimum atomic E-state index is -0.691. The second-order valence-electron chi connectivity index (χ2n) is 7.67. The Morgan fingerprint density at radius 3 is 2.56 bits per heavy atom. The lowest BCUT2D eigenvalue weighted by Gasteiger charge is -2.22. The van der Waals surface area contributed by atoms with E-state index in [1.54, 1.807) is 25.2 Å². The van der Waals surface area contributed by atoms with Crippen molar-refractivity contribution in [1.82, 2.24) is 9.55 Å². The summed E-state index contributed by atoms with van der Waals surface area (Å²) >= 11 is 0. The number of methoxy groups -OCH3 is 1. The Labute approximate surface area is 183 Å². The number of nitrogens with two attached hydrogens (primary N) is 1. The van der Waals surface area contributed by atoms with Gasteiger partial charge in [-0.15, -0.1) is 0 Å². The molecule has 9 heteroatoms. The lowest BCUT2D eigenvalue weighted by atomic mass is 9.97. The maximum Gasteiger partial charge on any atom is 0.274 e. The predicted octanol–water partition coefficient (Wildman–Crippen LogP) is 2.81. The lowest BCUT2D eigenvalue weighted by Crippen LogP contribution is -2.33. The van der Waals surface area contributed by atoms with Crippen LogP contribution >= 0.6 is 0 Å². The fourth-order valence-corrected chi connectivity index (χ4v) is 4.00. The highest BCUT2D eigenvalue weighted by molar-refractivity contribution is 5.83. The smallest absolute Gasteiger partial charge is 0.274 e. The van der Waals surface area contributed by atoms with E-state index in [0.29, 0.717) is 41.2 Å². The molecule has 4 rings (SSSR count). The molecule has 3 aromatic rings. The van der Waals surface area contributed by atoms with Crippen LogP contribution in [-0.2, 0) is 7.05 Å². The average Bonchev–Trinajstić information content (AvgIpc) is 3.21. The van der Waals surface area contributed by atoms with Crippen molar-refractivity contribution in [3.63, 3.8) is 0 Å². The van der Waals surface area contributed by atoms with Crippen molar-refractivity contribution in [3.05, 3.63) is 64.1 Å². The molecule has 7 nitrogen and oxygen atoms in total. The van der Waals surface area contributed by atoms with Crippen molar-refractivity contribution >= 4 is 5.69 Å². The molecule has 1 saturated heterocycles. The second kappa shape index (κ2) is 8.40. The van der Waals surface area contributed by atoms with Gasteiger partial charge in [0.05, 0.1) is 18.4 Å². The van der Waals surface area contributed by atoms with E-state index in [-0.39, 0.29) is 23.0 Å². The molecule has 1 aromatic carbocycles. The van der Waals surface area contributed by atoms with E-state index in [9.17, 15) is 13.6 Å². The zero-order valence-electron chi connectivity index (χ0n) is 17.6. The molecule has 0 amide bonds. The van der Waals surface area contributed by atoms with Gasteiger partial charge in [0.2, 0.25) is 5.88 Å². The molecule has 1 aliphatic heterocycles. The van der Waals surface area contributed by atoms with Gasteiger partial charge in [-0.25, -0.2) is 13.8 Å². The highest BCUT2D eigenvalue weighted by Gasteiger charge is 2.25. The van der Waals surface area contributed by atoms with Crippen LogP contribution in [0.4, 0.5) is 14.5 Å². The summed E-state index contributed by atoms with van der Waals surface area (Å²) in [5.74, 6) is -1.55. The van der Waals surface area contributed by atoms with Crippen molar-refractivity contribution in [2.75, 3.05) is 25.1 Å². The van der Waals surface area contributed by atoms with Gasteiger partial charge in [0.1, 0.15) is 17.6 Å². The van der Waals surface area contributed by atoms with Crippen molar-refractivity contribution in [2.45, 2.75) is 12.5 Å². The first kappa shape index (κ1) is 21.5. The summed E-state index contributed by atoms with van der Waals surface area (Å²) in [6, 6.07) is 8.83. The monoisotopic (exact) mass is 437 g/mol. The van der Waals surface area contributed by atoms with Crippen molar-refractivity contribution in [3.8, 4) is 34.3 Å². The Bertz CT molecular complexity index is 1300. The normalized spacial score (nSPS) is 15.6. The van der Waals surface area contributed by atoms with Crippen LogP contribution < -0.4 is 20.9 Å². The van der Waals surface area contributed by atoms with Gasteiger partial charge in [-0.2, -0.15) is 5.26 Å². The summed E-state index contributed by atoms with van der Waals surface area (Å²) in [4.78, 5) is 19.1. The number of hydrogen-bond acceptors (Lipinski definition) is 6. The SMILES string of the molecule is COc1ncc(-c2c(-c3ccc(C#N)c(F)c3)cc(N3CC[C@H](N)C3)c(=O)n2C)cc1F. The second-order valence-corrected chi connectivity index (χ2v) is 7.67. The van der Waals surface area contributed by atoms with E-state index in [2.05, 4.69) is 4.98 Å². The van der Waals surface area contributed by atoms with Crippen molar-refractivity contribution < 1.29 is 13.5 Å². The molecule has 0 unspecified atom stereocenters.